The molecule has 158 valence electrons. The summed E-state index contributed by atoms with van der Waals surface area (Å²) in [5.74, 6) is 0.786. The number of amides is 1. The fourth-order valence-corrected chi connectivity index (χ4v) is 4.80. The molecule has 1 fully saturated rings. The van der Waals surface area contributed by atoms with Gasteiger partial charge in [0.25, 0.3) is 15.9 Å². The van der Waals surface area contributed by atoms with Gasteiger partial charge in [0.1, 0.15) is 5.82 Å². The number of hydrogen-bond acceptors (Lipinski definition) is 7. The van der Waals surface area contributed by atoms with Crippen LogP contribution in [0.3, 0.4) is 0 Å². The van der Waals surface area contributed by atoms with E-state index in [4.69, 9.17) is 4.52 Å². The topological polar surface area (TPSA) is 114 Å². The van der Waals surface area contributed by atoms with Crippen LogP contribution in [0, 0.1) is 6.92 Å². The maximum absolute atomic E-state index is 12.9. The van der Waals surface area contributed by atoms with Gasteiger partial charge in [-0.25, -0.2) is 13.4 Å². The highest BCUT2D eigenvalue weighted by atomic mass is 32.2. The smallest absolute Gasteiger partial charge is 0.276 e. The van der Waals surface area contributed by atoms with Gasteiger partial charge in [0.05, 0.1) is 0 Å². The number of aromatic nitrogens is 4. The van der Waals surface area contributed by atoms with E-state index in [9.17, 15) is 13.2 Å². The summed E-state index contributed by atoms with van der Waals surface area (Å²) in [6.07, 6.45) is 5.30. The Bertz CT molecular complexity index is 1140. The fraction of sp³-hybridized carbons (Fsp3) is 0.368. The average molecular weight is 430 g/mol. The highest BCUT2D eigenvalue weighted by Crippen LogP contribution is 2.21. The lowest BCUT2D eigenvalue weighted by Gasteiger charge is -2.20. The van der Waals surface area contributed by atoms with Gasteiger partial charge in [-0.3, -0.25) is 9.78 Å². The predicted octanol–water partition coefficient (Wildman–Crippen LogP) is 1.32. The molecule has 1 aliphatic rings. The van der Waals surface area contributed by atoms with E-state index in [1.54, 1.807) is 48.0 Å². The third kappa shape index (κ3) is 3.85. The number of pyridine rings is 1. The Morgan fingerprint density at radius 2 is 2.03 bits per heavy atom. The molecule has 0 saturated carbocycles. The van der Waals surface area contributed by atoms with Gasteiger partial charge in [0, 0.05) is 63.4 Å². The molecule has 10 nitrogen and oxygen atoms in total. The Kier molecular flexibility index (Phi) is 5.39. The molecule has 1 aliphatic heterocycles. The van der Waals surface area contributed by atoms with Crippen molar-refractivity contribution in [1.29, 1.82) is 0 Å². The zero-order chi connectivity index (χ0) is 21.3. The first kappa shape index (κ1) is 20.2. The van der Waals surface area contributed by atoms with Crippen LogP contribution in [-0.2, 0) is 17.1 Å². The van der Waals surface area contributed by atoms with E-state index >= 15 is 0 Å². The Hall–Kier alpha value is -3.05. The van der Waals surface area contributed by atoms with E-state index in [1.165, 1.54) is 10.5 Å². The summed E-state index contributed by atoms with van der Waals surface area (Å²) in [7, 11) is -1.96. The predicted molar refractivity (Wildman–Crippen MR) is 107 cm³/mol. The number of carbonyl (C=O) groups is 1. The summed E-state index contributed by atoms with van der Waals surface area (Å²) >= 11 is 0. The van der Waals surface area contributed by atoms with Gasteiger partial charge >= 0.3 is 0 Å². The van der Waals surface area contributed by atoms with E-state index in [-0.39, 0.29) is 29.7 Å². The first-order valence-electron chi connectivity index (χ1n) is 9.53. The van der Waals surface area contributed by atoms with Crippen molar-refractivity contribution < 1.29 is 17.7 Å². The molecule has 11 heteroatoms. The van der Waals surface area contributed by atoms with Crippen molar-refractivity contribution in [2.75, 3.05) is 26.2 Å². The standard InChI is InChI=1S/C19H22N6O4S/c1-14-21-18(13-23(14)2)30(27,28)25-8-4-7-24(9-10-25)19(26)16-11-17(29-22-16)15-5-3-6-20-12-15/h3,5-6,11-13H,4,7-10H2,1-2H3. The average Bonchev–Trinajstić information content (AvgIpc) is 3.27. The summed E-state index contributed by atoms with van der Waals surface area (Å²) in [6, 6.07) is 5.16. The first-order chi connectivity index (χ1) is 14.4. The normalized spacial score (nSPS) is 15.9. The highest BCUT2D eigenvalue weighted by Gasteiger charge is 2.31. The molecule has 0 unspecified atom stereocenters. The molecule has 0 atom stereocenters. The summed E-state index contributed by atoms with van der Waals surface area (Å²) in [6.45, 7) is 2.96. The Morgan fingerprint density at radius 1 is 1.20 bits per heavy atom. The molecule has 30 heavy (non-hydrogen) atoms. The summed E-state index contributed by atoms with van der Waals surface area (Å²) in [5.41, 5.74) is 0.911. The minimum Gasteiger partial charge on any atom is -0.355 e. The van der Waals surface area contributed by atoms with E-state index in [2.05, 4.69) is 15.1 Å². The Balaban J connectivity index is 1.47. The second kappa shape index (κ2) is 8.00. The molecule has 1 saturated heterocycles. The van der Waals surface area contributed by atoms with Crippen LogP contribution < -0.4 is 0 Å². The van der Waals surface area contributed by atoms with Crippen molar-refractivity contribution in [2.24, 2.45) is 7.05 Å². The highest BCUT2D eigenvalue weighted by molar-refractivity contribution is 7.89. The zero-order valence-electron chi connectivity index (χ0n) is 16.7. The van der Waals surface area contributed by atoms with Gasteiger partial charge in [-0.1, -0.05) is 5.16 Å². The summed E-state index contributed by atoms with van der Waals surface area (Å²) in [4.78, 5) is 22.7. The lowest BCUT2D eigenvalue weighted by atomic mass is 10.2. The monoisotopic (exact) mass is 430 g/mol. The summed E-state index contributed by atoms with van der Waals surface area (Å²) in [5, 5.41) is 3.92. The van der Waals surface area contributed by atoms with Crippen molar-refractivity contribution in [1.82, 2.24) is 28.9 Å². The molecule has 0 aliphatic carbocycles. The molecule has 4 rings (SSSR count). The van der Waals surface area contributed by atoms with Crippen LogP contribution in [0.25, 0.3) is 11.3 Å². The van der Waals surface area contributed by atoms with E-state index in [0.717, 1.165) is 5.56 Å². The molecule has 3 aromatic rings. The van der Waals surface area contributed by atoms with E-state index in [0.29, 0.717) is 31.1 Å². The number of nitrogens with zero attached hydrogens (tertiary/aromatic N) is 6. The van der Waals surface area contributed by atoms with Crippen molar-refractivity contribution in [2.45, 2.75) is 18.4 Å². The van der Waals surface area contributed by atoms with Crippen LogP contribution in [-0.4, -0.2) is 69.4 Å². The van der Waals surface area contributed by atoms with E-state index < -0.39 is 10.0 Å². The maximum atomic E-state index is 12.9. The number of imidazole rings is 1. The molecule has 0 N–H and O–H groups in total. The van der Waals surface area contributed by atoms with Gasteiger partial charge in [-0.2, -0.15) is 4.31 Å². The van der Waals surface area contributed by atoms with Crippen molar-refractivity contribution in [3.05, 3.63) is 48.3 Å². The number of carbonyl (C=O) groups excluding carboxylic acids is 1. The van der Waals surface area contributed by atoms with Crippen LogP contribution in [0.15, 0.2) is 46.3 Å². The molecular weight excluding hydrogens is 408 g/mol. The van der Waals surface area contributed by atoms with Crippen molar-refractivity contribution >= 4 is 15.9 Å². The molecule has 0 radical (unpaired) electrons. The zero-order valence-corrected chi connectivity index (χ0v) is 17.5. The number of hydrogen-bond donors (Lipinski definition) is 0. The van der Waals surface area contributed by atoms with Crippen LogP contribution in [0.1, 0.15) is 22.7 Å². The molecule has 4 heterocycles. The van der Waals surface area contributed by atoms with Gasteiger partial charge < -0.3 is 14.0 Å². The number of aryl methyl sites for hydroxylation is 2. The largest absolute Gasteiger partial charge is 0.355 e. The van der Waals surface area contributed by atoms with Gasteiger partial charge in [-0.15, -0.1) is 0 Å². The second-order valence-corrected chi connectivity index (χ2v) is 8.99. The molecular formula is C19H22N6O4S. The number of sulfonamides is 1. The quantitative estimate of drug-likeness (QED) is 0.613. The third-order valence-corrected chi connectivity index (χ3v) is 6.88. The summed E-state index contributed by atoms with van der Waals surface area (Å²) < 4.78 is 34.2. The third-order valence-electron chi connectivity index (χ3n) is 5.11. The van der Waals surface area contributed by atoms with Crippen molar-refractivity contribution in [3.8, 4) is 11.3 Å². The Labute approximate surface area is 174 Å². The minimum atomic E-state index is -3.71. The van der Waals surface area contributed by atoms with Gasteiger partial charge in [0.2, 0.25) is 0 Å². The van der Waals surface area contributed by atoms with Crippen LogP contribution >= 0.6 is 0 Å². The van der Waals surface area contributed by atoms with Crippen LogP contribution in [0.5, 0.6) is 0 Å². The van der Waals surface area contributed by atoms with Gasteiger partial charge in [-0.05, 0) is 25.5 Å². The molecule has 1 amide bonds. The van der Waals surface area contributed by atoms with Gasteiger partial charge in [0.15, 0.2) is 16.5 Å². The fourth-order valence-electron chi connectivity index (χ4n) is 3.30. The number of rotatable bonds is 4. The maximum Gasteiger partial charge on any atom is 0.276 e. The van der Waals surface area contributed by atoms with E-state index in [1.807, 2.05) is 6.07 Å². The lowest BCUT2D eigenvalue weighted by Crippen LogP contribution is -2.37. The molecule has 3 aromatic heterocycles. The van der Waals surface area contributed by atoms with Crippen LogP contribution in [0.4, 0.5) is 0 Å². The SMILES string of the molecule is Cc1nc(S(=O)(=O)N2CCCN(C(=O)c3cc(-c4cccnc4)on3)CC2)cn1C. The Morgan fingerprint density at radius 3 is 2.73 bits per heavy atom. The molecule has 0 spiro atoms. The lowest BCUT2D eigenvalue weighted by molar-refractivity contribution is 0.0754. The first-order valence-corrected chi connectivity index (χ1v) is 11.0. The van der Waals surface area contributed by atoms with Crippen molar-refractivity contribution in [3.63, 3.8) is 0 Å². The molecule has 0 bridgehead atoms. The second-order valence-electron chi connectivity index (χ2n) is 7.11. The van der Waals surface area contributed by atoms with Crippen LogP contribution in [0.2, 0.25) is 0 Å². The molecule has 0 aromatic carbocycles. The minimum absolute atomic E-state index is 0.0277.